The highest BCUT2D eigenvalue weighted by atomic mass is 35.5. The molecular weight excluding hydrogens is 1550 g/mol. The predicted octanol–water partition coefficient (Wildman–Crippen LogP) is 4.86. The summed E-state index contributed by atoms with van der Waals surface area (Å²) < 4.78 is 68.2. The van der Waals surface area contributed by atoms with Gasteiger partial charge in [0.2, 0.25) is 35.4 Å². The molecule has 33 nitrogen and oxygen atoms in total. The number of aromatic nitrogens is 9. The predicted molar refractivity (Wildman–Crippen MR) is 393 cm³/mol. The van der Waals surface area contributed by atoms with E-state index in [2.05, 4.69) is 50.3 Å². The van der Waals surface area contributed by atoms with Gasteiger partial charge in [0.25, 0.3) is 5.91 Å². The number of hydrogen-bond acceptors (Lipinski definition) is 30. The number of carbonyl (C=O) groups excluding carboxylic acids is 9. The fraction of sp³-hybridized carbons (Fsp3) is 0.322. The number of thiocarbonyl (C=S) groups is 4. The largest absolute Gasteiger partial charge is 0.502 e. The number of ether oxygens (including phenoxy) is 5. The number of likely N-dealkylation sites (N-methyl/N-ethyl adjacent to an activating group) is 3. The Hall–Kier alpha value is -9.44. The normalized spacial score (nSPS) is 13.8. The van der Waals surface area contributed by atoms with Crippen molar-refractivity contribution in [1.29, 1.82) is 0 Å². The van der Waals surface area contributed by atoms with Gasteiger partial charge in [-0.05, 0) is 48.0 Å². The molecule has 4 aliphatic rings. The number of alkyl halides is 1. The second-order valence-corrected chi connectivity index (χ2v) is 27.3. The van der Waals surface area contributed by atoms with Crippen molar-refractivity contribution >= 4 is 191 Å². The van der Waals surface area contributed by atoms with Gasteiger partial charge >= 0.3 is 5.97 Å². The Kier molecular flexibility index (Phi) is 36.5. The molecule has 4 fully saturated rings. The number of phenolic OH excluding ortho intramolecular Hbond substituents is 1. The number of aliphatic carboxylic acids is 1. The second-order valence-electron chi connectivity index (χ2n) is 20.5. The van der Waals surface area contributed by atoms with Gasteiger partial charge in [0.05, 0.1) is 49.4 Å². The molecule has 0 spiro atoms. The standard InChI is InChI=1S/C18H18FN5O4S2.C11H10FN3O3.C8H7FO3.2C7H10N2O2S2.C5H5NO3S2.C3H4ClN3/c1-23(2)15(25)7-24-17(26)13(30-18(24)29)6-10-4-11(19)16(12(5-10)27-3)28-8-14-20-9-21-22-14;1-17-9-3-7(4-16)2-8(12)11(9)18-5-10-13-6-14-15-10;1-12-7-3-5(4-10)2-6(9)8(7)11;2*1-8(2)5(10)3-9-6(11)4-13-7(9)12;7-3-2-11-5(10)6(3)1-4(8)9;4-1-3-5-2-6-7-3/h4-6,9H,7-8H2,1-3H3,(H,20,21,22);2-4,6H,5H2,1H3,(H,13,14,15);2-4,11H,1H3;2*3-4H2,1-2H3;1-2H2,(H,8,9);2H,1H2,(H,5,6,7)/b13-6-;;;;;;. The topological polar surface area (TPSA) is 405 Å². The summed E-state index contributed by atoms with van der Waals surface area (Å²) in [6.07, 6.45) is 6.57. The van der Waals surface area contributed by atoms with E-state index in [-0.39, 0.29) is 130 Å². The van der Waals surface area contributed by atoms with Crippen molar-refractivity contribution in [3.05, 3.63) is 112 Å². The minimum atomic E-state index is -1.04. The molecule has 0 bridgehead atoms. The minimum absolute atomic E-state index is 0.0215. The van der Waals surface area contributed by atoms with Gasteiger partial charge in [-0.3, -0.25) is 82.8 Å². The van der Waals surface area contributed by atoms with Crippen LogP contribution in [0.5, 0.6) is 34.5 Å². The summed E-state index contributed by atoms with van der Waals surface area (Å²) in [6.45, 7) is -0.333. The molecule has 4 saturated heterocycles. The molecule has 558 valence electrons. The second kappa shape index (κ2) is 43.6. The first kappa shape index (κ1) is 87.0. The number of methoxy groups -OCH3 is 3. The van der Waals surface area contributed by atoms with Crippen molar-refractivity contribution < 1.29 is 95.0 Å². The van der Waals surface area contributed by atoms with Crippen LogP contribution < -0.4 is 23.7 Å². The summed E-state index contributed by atoms with van der Waals surface area (Å²) in [5, 5.41) is 36.0. The van der Waals surface area contributed by atoms with Crippen molar-refractivity contribution in [2.45, 2.75) is 19.1 Å². The van der Waals surface area contributed by atoms with E-state index in [1.54, 1.807) is 42.3 Å². The number of aromatic hydroxyl groups is 1. The van der Waals surface area contributed by atoms with E-state index in [4.69, 9.17) is 89.6 Å². The van der Waals surface area contributed by atoms with Crippen molar-refractivity contribution in [3.8, 4) is 34.5 Å². The van der Waals surface area contributed by atoms with E-state index < -0.39 is 35.1 Å². The van der Waals surface area contributed by atoms with Gasteiger partial charge in [-0.15, -0.1) is 11.6 Å². The van der Waals surface area contributed by atoms with Crippen LogP contribution in [-0.2, 0) is 57.5 Å². The molecule has 0 unspecified atom stereocenters. The molecule has 7 heterocycles. The number of rotatable bonds is 21. The Morgan fingerprint density at radius 3 is 1.23 bits per heavy atom. The number of nitrogens with one attached hydrogen (secondary N) is 3. The molecule has 4 aliphatic heterocycles. The van der Waals surface area contributed by atoms with E-state index >= 15 is 0 Å². The number of H-pyrrole nitrogens is 3. The molecule has 5 N–H and O–H groups in total. The number of carboxylic acids is 1. The van der Waals surface area contributed by atoms with Gasteiger partial charge < -0.3 is 48.6 Å². The third-order valence-electron chi connectivity index (χ3n) is 12.6. The molecule has 0 atom stereocenters. The number of halogens is 4. The van der Waals surface area contributed by atoms with Crippen molar-refractivity contribution in [1.82, 2.24) is 79.8 Å². The molecule has 0 radical (unpaired) electrons. The molecule has 3 aromatic heterocycles. The zero-order valence-electron chi connectivity index (χ0n) is 56.1. The molecule has 3 aromatic carbocycles. The number of hydrogen-bond donors (Lipinski definition) is 5. The lowest BCUT2D eigenvalue weighted by Crippen LogP contribution is -2.39. The Bertz CT molecular complexity index is 4010. The number of aromatic amines is 3. The van der Waals surface area contributed by atoms with Gasteiger partial charge in [-0.2, -0.15) is 15.3 Å². The Labute approximate surface area is 633 Å². The SMILES string of the molecule is CN(C)C(=O)CN1C(=O)CSC1=S.CN(C)C(=O)CN1C(=O)CSC1=S.COc1cc(/C=C2\SC(=S)N(CC(=O)N(C)C)C2=O)cc(F)c1OCc1ncn[nH]1.COc1cc(C=O)cc(F)c1O.COc1cc(C=O)cc(F)c1OCc1ncn[nH]1.ClCc1ncn[nH]1.O=C(O)CN1C(=O)CSC1=S. The smallest absolute Gasteiger partial charge is 0.323 e. The maximum Gasteiger partial charge on any atom is 0.323 e. The van der Waals surface area contributed by atoms with Gasteiger partial charge in [-0.1, -0.05) is 95.9 Å². The summed E-state index contributed by atoms with van der Waals surface area (Å²) in [6, 6.07) is 7.42. The summed E-state index contributed by atoms with van der Waals surface area (Å²) >= 11 is 30.0. The molecule has 0 aliphatic carbocycles. The lowest BCUT2D eigenvalue weighted by Gasteiger charge is -2.17. The van der Waals surface area contributed by atoms with Crippen LogP contribution in [0.4, 0.5) is 13.2 Å². The average Bonchev–Trinajstić information content (AvgIpc) is 1.52. The maximum atomic E-state index is 14.7. The lowest BCUT2D eigenvalue weighted by atomic mass is 10.1. The monoisotopic (exact) mass is 1620 g/mol. The fourth-order valence-electron chi connectivity index (χ4n) is 7.26. The van der Waals surface area contributed by atoms with E-state index in [0.29, 0.717) is 66.0 Å². The molecule has 6 aromatic rings. The average molecular weight is 1620 g/mol. The van der Waals surface area contributed by atoms with Crippen molar-refractivity contribution in [2.75, 3.05) is 107 Å². The number of carboxylic acid groups (broad SMARTS) is 1. The fourth-order valence-corrected chi connectivity index (χ4v) is 11.8. The van der Waals surface area contributed by atoms with Crippen LogP contribution >= 0.6 is 108 Å². The van der Waals surface area contributed by atoms with Crippen molar-refractivity contribution in [2.24, 2.45) is 0 Å². The van der Waals surface area contributed by atoms with Crippen LogP contribution in [0, 0.1) is 17.5 Å². The van der Waals surface area contributed by atoms with Gasteiger partial charge in [0.1, 0.15) is 94.1 Å². The van der Waals surface area contributed by atoms with Gasteiger partial charge in [0.15, 0.2) is 63.6 Å². The van der Waals surface area contributed by atoms with Crippen molar-refractivity contribution in [3.63, 3.8) is 0 Å². The van der Waals surface area contributed by atoms with E-state index in [9.17, 15) is 61.1 Å². The number of aldehydes is 2. The zero-order chi connectivity index (χ0) is 77.5. The summed E-state index contributed by atoms with van der Waals surface area (Å²) in [5.41, 5.74) is 0.689. The van der Waals surface area contributed by atoms with E-state index in [1.165, 1.54) is 135 Å². The van der Waals surface area contributed by atoms with Crippen LogP contribution in [0.15, 0.2) is 60.3 Å². The van der Waals surface area contributed by atoms with E-state index in [0.717, 1.165) is 28.8 Å². The lowest BCUT2D eigenvalue weighted by molar-refractivity contribution is -0.140. The Balaban J connectivity index is 0.000000270. The first-order valence-corrected chi connectivity index (χ1v) is 34.8. The molecule has 10 rings (SSSR count). The first-order valence-electron chi connectivity index (χ1n) is 28.9. The molecule has 7 amide bonds. The summed E-state index contributed by atoms with van der Waals surface area (Å²) in [7, 11) is 13.8. The quantitative estimate of drug-likeness (QED) is 0.0278. The maximum absolute atomic E-state index is 14.7. The van der Waals surface area contributed by atoms with Crippen LogP contribution in [0.2, 0.25) is 0 Å². The Morgan fingerprint density at radius 2 is 0.904 bits per heavy atom. The first-order chi connectivity index (χ1) is 49.3. The number of amides is 7. The molecular formula is C59H64ClF3N16O17S8. The van der Waals surface area contributed by atoms with Gasteiger partial charge in [0, 0.05) is 53.4 Å². The van der Waals surface area contributed by atoms with Gasteiger partial charge in [-0.25, -0.2) is 28.1 Å². The number of benzene rings is 3. The zero-order valence-corrected chi connectivity index (χ0v) is 63.4. The third-order valence-corrected chi connectivity index (χ3v) is 18.6. The highest BCUT2D eigenvalue weighted by Crippen LogP contribution is 2.37. The van der Waals surface area contributed by atoms with Crippen LogP contribution in [0.1, 0.15) is 43.8 Å². The van der Waals surface area contributed by atoms with E-state index in [1.807, 2.05) is 0 Å². The third kappa shape index (κ3) is 27.3. The number of carbonyl (C=O) groups is 10. The van der Waals surface area contributed by atoms with Crippen LogP contribution in [-0.4, -0.2) is 274 Å². The number of nitrogens with zero attached hydrogens (tertiary/aromatic N) is 13. The Morgan fingerprint density at radius 1 is 0.548 bits per heavy atom. The molecule has 45 heteroatoms. The highest BCUT2D eigenvalue weighted by Gasteiger charge is 2.35. The molecule has 104 heavy (non-hydrogen) atoms. The summed E-state index contributed by atoms with van der Waals surface area (Å²) in [4.78, 5) is 132. The number of thioether (sulfide) groups is 4. The molecule has 0 saturated carbocycles. The van der Waals surface area contributed by atoms with Crippen LogP contribution in [0.3, 0.4) is 0 Å². The number of phenols is 1. The highest BCUT2D eigenvalue weighted by molar-refractivity contribution is 8.27. The minimum Gasteiger partial charge on any atom is -0.502 e. The van der Waals surface area contributed by atoms with Crippen LogP contribution in [0.25, 0.3) is 6.08 Å². The summed E-state index contributed by atoms with van der Waals surface area (Å²) in [5.74, 6) is -2.01.